The minimum atomic E-state index is 0. The average Bonchev–Trinajstić information content (AvgIpc) is 3.03. The zero-order chi connectivity index (χ0) is 17.6. The number of guanidine groups is 1. The second-order valence-electron chi connectivity index (χ2n) is 5.98. The number of methoxy groups -OCH3 is 1. The van der Waals surface area contributed by atoms with Crippen molar-refractivity contribution in [3.8, 4) is 10.4 Å². The Kier molecular flexibility index (Phi) is 8.26. The lowest BCUT2D eigenvalue weighted by molar-refractivity contribution is 0.00528. The van der Waals surface area contributed by atoms with Crippen molar-refractivity contribution in [2.75, 3.05) is 26.8 Å². The molecule has 2 N–H and O–H groups in total. The Morgan fingerprint density at radius 2 is 2.19 bits per heavy atom. The first-order valence-corrected chi connectivity index (χ1v) is 9.18. The van der Waals surface area contributed by atoms with Gasteiger partial charge in [-0.3, -0.25) is 0 Å². The lowest BCUT2D eigenvalue weighted by Crippen LogP contribution is -2.47. The molecule has 1 fully saturated rings. The maximum atomic E-state index is 6.18. The molecule has 0 bridgehead atoms. The van der Waals surface area contributed by atoms with E-state index in [-0.39, 0.29) is 30.1 Å². The van der Waals surface area contributed by atoms with Gasteiger partial charge in [-0.25, -0.2) is 9.98 Å². The van der Waals surface area contributed by atoms with Crippen LogP contribution in [0.3, 0.4) is 0 Å². The molecular formula is C18H25IN4O2S. The van der Waals surface area contributed by atoms with E-state index in [0.29, 0.717) is 25.7 Å². The van der Waals surface area contributed by atoms with Crippen molar-refractivity contribution in [2.45, 2.75) is 26.2 Å². The lowest BCUT2D eigenvalue weighted by atomic mass is 10.1. The molecule has 1 aromatic carbocycles. The minimum absolute atomic E-state index is 0. The fourth-order valence-electron chi connectivity index (χ4n) is 2.79. The smallest absolute Gasteiger partial charge is 0.191 e. The Bertz CT molecular complexity index is 723. The third-order valence-corrected chi connectivity index (χ3v) is 5.12. The predicted octanol–water partition coefficient (Wildman–Crippen LogP) is 3.11. The molecule has 2 heterocycles. The highest BCUT2D eigenvalue weighted by Crippen LogP contribution is 2.31. The van der Waals surface area contributed by atoms with Crippen LogP contribution in [-0.2, 0) is 22.6 Å². The first-order valence-electron chi connectivity index (χ1n) is 8.36. The molecule has 2 aromatic rings. The van der Waals surface area contributed by atoms with Gasteiger partial charge in [0.15, 0.2) is 5.96 Å². The Labute approximate surface area is 175 Å². The van der Waals surface area contributed by atoms with E-state index in [9.17, 15) is 0 Å². The van der Waals surface area contributed by atoms with Gasteiger partial charge >= 0.3 is 0 Å². The van der Waals surface area contributed by atoms with Crippen LogP contribution in [0.4, 0.5) is 0 Å². The number of thiazole rings is 1. The molecule has 6 nitrogen and oxygen atoms in total. The van der Waals surface area contributed by atoms with Gasteiger partial charge in [-0.05, 0) is 12.5 Å². The number of aliphatic imine (C=N–C) groups is 1. The Balaban J connectivity index is 0.00000243. The zero-order valence-electron chi connectivity index (χ0n) is 15.1. The maximum absolute atomic E-state index is 6.18. The minimum Gasteiger partial charge on any atom is -0.378 e. The quantitative estimate of drug-likeness (QED) is 0.398. The van der Waals surface area contributed by atoms with Gasteiger partial charge in [0, 0.05) is 20.2 Å². The molecule has 0 saturated carbocycles. The average molecular weight is 488 g/mol. The molecule has 142 valence electrons. The molecule has 8 heteroatoms. The molecule has 1 aromatic heterocycles. The van der Waals surface area contributed by atoms with Crippen LogP contribution in [0.5, 0.6) is 0 Å². The van der Waals surface area contributed by atoms with E-state index in [2.05, 4.69) is 22.0 Å². The standard InChI is InChI=1S/C18H24N4O2S.HI/c1-13-11-22(8-9-24-13)18(19)20-10-15-17(14-6-4-3-5-7-14)25-16(21-15)12-23-2;/h3-7,13H,8-12H2,1-2H3,(H2,19,20);1H. The topological polar surface area (TPSA) is 73.0 Å². The number of morpholine rings is 1. The summed E-state index contributed by atoms with van der Waals surface area (Å²) in [6.07, 6.45) is 0.176. The summed E-state index contributed by atoms with van der Waals surface area (Å²) in [5.41, 5.74) is 8.27. The SMILES string of the molecule is COCc1nc(CN=C(N)N2CCOC(C)C2)c(-c2ccccc2)s1.I. The van der Waals surface area contributed by atoms with Crippen molar-refractivity contribution in [2.24, 2.45) is 10.7 Å². The van der Waals surface area contributed by atoms with Gasteiger partial charge in [-0.15, -0.1) is 35.3 Å². The summed E-state index contributed by atoms with van der Waals surface area (Å²) in [6.45, 7) is 5.24. The molecule has 0 radical (unpaired) electrons. The molecule has 3 rings (SSSR count). The number of rotatable bonds is 5. The monoisotopic (exact) mass is 488 g/mol. The van der Waals surface area contributed by atoms with Crippen molar-refractivity contribution < 1.29 is 9.47 Å². The number of halogens is 1. The molecule has 26 heavy (non-hydrogen) atoms. The van der Waals surface area contributed by atoms with Gasteiger partial charge in [0.1, 0.15) is 5.01 Å². The van der Waals surface area contributed by atoms with Gasteiger partial charge < -0.3 is 20.1 Å². The number of hydrogen-bond acceptors (Lipinski definition) is 5. The number of aromatic nitrogens is 1. The third kappa shape index (κ3) is 5.38. The van der Waals surface area contributed by atoms with Crippen molar-refractivity contribution in [3.05, 3.63) is 41.0 Å². The molecule has 1 aliphatic rings. The molecule has 1 saturated heterocycles. The van der Waals surface area contributed by atoms with Crippen LogP contribution in [0.1, 0.15) is 17.6 Å². The fourth-order valence-corrected chi connectivity index (χ4v) is 3.84. The van der Waals surface area contributed by atoms with Gasteiger partial charge in [0.2, 0.25) is 0 Å². The van der Waals surface area contributed by atoms with E-state index in [1.165, 1.54) is 0 Å². The van der Waals surface area contributed by atoms with E-state index in [1.54, 1.807) is 18.4 Å². The highest BCUT2D eigenvalue weighted by atomic mass is 127. The van der Waals surface area contributed by atoms with E-state index in [0.717, 1.165) is 34.2 Å². The Morgan fingerprint density at radius 3 is 2.88 bits per heavy atom. The van der Waals surface area contributed by atoms with Crippen LogP contribution in [0, 0.1) is 0 Å². The first kappa shape index (κ1) is 21.1. The Hall–Kier alpha value is -1.23. The van der Waals surface area contributed by atoms with Crippen molar-refractivity contribution in [3.63, 3.8) is 0 Å². The van der Waals surface area contributed by atoms with Crippen LogP contribution in [0.2, 0.25) is 0 Å². The van der Waals surface area contributed by atoms with E-state index in [1.807, 2.05) is 25.1 Å². The number of hydrogen-bond donors (Lipinski definition) is 1. The van der Waals surface area contributed by atoms with Crippen molar-refractivity contribution in [1.82, 2.24) is 9.88 Å². The second kappa shape index (κ2) is 10.2. The summed E-state index contributed by atoms with van der Waals surface area (Å²) in [4.78, 5) is 12.5. The van der Waals surface area contributed by atoms with E-state index < -0.39 is 0 Å². The molecule has 1 unspecified atom stereocenters. The van der Waals surface area contributed by atoms with Crippen molar-refractivity contribution in [1.29, 1.82) is 0 Å². The largest absolute Gasteiger partial charge is 0.378 e. The molecule has 1 aliphatic heterocycles. The second-order valence-corrected chi connectivity index (χ2v) is 7.07. The lowest BCUT2D eigenvalue weighted by Gasteiger charge is -2.31. The number of benzene rings is 1. The zero-order valence-corrected chi connectivity index (χ0v) is 18.2. The first-order chi connectivity index (χ1) is 12.2. The number of nitrogens with zero attached hydrogens (tertiary/aromatic N) is 3. The number of nitrogens with two attached hydrogens (primary N) is 1. The normalized spacial score (nSPS) is 17.8. The molecule has 0 aliphatic carbocycles. The summed E-state index contributed by atoms with van der Waals surface area (Å²) in [6, 6.07) is 10.2. The molecule has 0 spiro atoms. The van der Waals surface area contributed by atoms with Crippen molar-refractivity contribution >= 4 is 41.3 Å². The van der Waals surface area contributed by atoms with Gasteiger partial charge in [-0.2, -0.15) is 0 Å². The van der Waals surface area contributed by atoms with Crippen LogP contribution in [0.15, 0.2) is 35.3 Å². The van der Waals surface area contributed by atoms with Gasteiger partial charge in [0.25, 0.3) is 0 Å². The fraction of sp³-hybridized carbons (Fsp3) is 0.444. The summed E-state index contributed by atoms with van der Waals surface area (Å²) < 4.78 is 10.8. The van der Waals surface area contributed by atoms with E-state index >= 15 is 0 Å². The molecular weight excluding hydrogens is 463 g/mol. The summed E-state index contributed by atoms with van der Waals surface area (Å²) in [5.74, 6) is 0.551. The highest BCUT2D eigenvalue weighted by molar-refractivity contribution is 14.0. The van der Waals surface area contributed by atoms with Crippen LogP contribution >= 0.6 is 35.3 Å². The highest BCUT2D eigenvalue weighted by Gasteiger charge is 2.19. The molecule has 1 atom stereocenters. The van der Waals surface area contributed by atoms with Gasteiger partial charge in [0.05, 0.1) is 36.4 Å². The van der Waals surface area contributed by atoms with E-state index in [4.69, 9.17) is 20.2 Å². The maximum Gasteiger partial charge on any atom is 0.191 e. The van der Waals surface area contributed by atoms with Crippen LogP contribution in [0.25, 0.3) is 10.4 Å². The summed E-state index contributed by atoms with van der Waals surface area (Å²) in [7, 11) is 1.68. The van der Waals surface area contributed by atoms with Crippen LogP contribution in [-0.4, -0.2) is 48.8 Å². The van der Waals surface area contributed by atoms with Gasteiger partial charge in [-0.1, -0.05) is 30.3 Å². The summed E-state index contributed by atoms with van der Waals surface area (Å²) >= 11 is 1.65. The predicted molar refractivity (Wildman–Crippen MR) is 116 cm³/mol. The number of ether oxygens (including phenoxy) is 2. The Morgan fingerprint density at radius 1 is 1.42 bits per heavy atom. The van der Waals surface area contributed by atoms with Crippen LogP contribution < -0.4 is 5.73 Å². The molecule has 0 amide bonds. The summed E-state index contributed by atoms with van der Waals surface area (Å²) in [5, 5.41) is 0.949. The third-order valence-electron chi connectivity index (χ3n) is 4.00.